The van der Waals surface area contributed by atoms with Crippen LogP contribution in [0.1, 0.15) is 36.9 Å². The van der Waals surface area contributed by atoms with Gasteiger partial charge in [0.1, 0.15) is 0 Å². The van der Waals surface area contributed by atoms with Crippen LogP contribution in [0.25, 0.3) is 0 Å². The zero-order chi connectivity index (χ0) is 17.3. The molecule has 5 nitrogen and oxygen atoms in total. The third-order valence-corrected chi connectivity index (χ3v) is 5.51. The van der Waals surface area contributed by atoms with Gasteiger partial charge in [-0.05, 0) is 44.1 Å². The van der Waals surface area contributed by atoms with E-state index in [1.54, 1.807) is 0 Å². The summed E-state index contributed by atoms with van der Waals surface area (Å²) >= 11 is 0. The number of benzene rings is 1. The molecule has 2 fully saturated rings. The second-order valence-corrected chi connectivity index (χ2v) is 7.52. The average Bonchev–Trinajstić information content (AvgIpc) is 2.89. The molecule has 1 aromatic carbocycles. The first kappa shape index (κ1) is 17.4. The molecular formula is C19H28N2O3. The van der Waals surface area contributed by atoms with E-state index in [4.69, 9.17) is 0 Å². The molecule has 0 aromatic heterocycles. The maximum absolute atomic E-state index is 12.3. The van der Waals surface area contributed by atoms with Crippen molar-refractivity contribution >= 4 is 5.91 Å². The number of aryl methyl sites for hydroxylation is 1. The van der Waals surface area contributed by atoms with E-state index in [9.17, 15) is 15.0 Å². The lowest BCUT2D eigenvalue weighted by Gasteiger charge is -2.32. The van der Waals surface area contributed by atoms with Gasteiger partial charge in [0, 0.05) is 13.1 Å². The quantitative estimate of drug-likeness (QED) is 0.776. The lowest BCUT2D eigenvalue weighted by atomic mass is 9.79. The number of carbonyl (C=O) groups excluding carboxylic acids is 1. The van der Waals surface area contributed by atoms with E-state index in [0.29, 0.717) is 31.2 Å². The summed E-state index contributed by atoms with van der Waals surface area (Å²) < 4.78 is 0. The Hall–Kier alpha value is -1.43. The summed E-state index contributed by atoms with van der Waals surface area (Å²) in [5.74, 6) is 0.819. The molecule has 132 valence electrons. The van der Waals surface area contributed by atoms with Crippen molar-refractivity contribution in [1.29, 1.82) is 0 Å². The van der Waals surface area contributed by atoms with Gasteiger partial charge in [0.25, 0.3) is 0 Å². The van der Waals surface area contributed by atoms with Crippen LogP contribution >= 0.6 is 0 Å². The van der Waals surface area contributed by atoms with Crippen LogP contribution in [0.4, 0.5) is 0 Å². The Bertz CT molecular complexity index is 556. The lowest BCUT2D eigenvalue weighted by molar-refractivity contribution is -0.122. The summed E-state index contributed by atoms with van der Waals surface area (Å²) in [6, 6.07) is 8.20. The van der Waals surface area contributed by atoms with E-state index >= 15 is 0 Å². The minimum absolute atomic E-state index is 0.00775. The molecule has 1 aliphatic carbocycles. The first-order chi connectivity index (χ1) is 11.4. The van der Waals surface area contributed by atoms with Gasteiger partial charge in [-0.3, -0.25) is 9.69 Å². The fourth-order valence-corrected chi connectivity index (χ4v) is 4.06. The summed E-state index contributed by atoms with van der Waals surface area (Å²) in [6.07, 6.45) is 0.0659. The maximum Gasteiger partial charge on any atom is 0.234 e. The van der Waals surface area contributed by atoms with Crippen LogP contribution in [-0.2, 0) is 4.79 Å². The van der Waals surface area contributed by atoms with Crippen molar-refractivity contribution in [2.75, 3.05) is 19.6 Å². The molecule has 1 unspecified atom stereocenters. The molecule has 1 heterocycles. The SMILES string of the molecule is Cc1ccc(C(C)NC(=O)CN2C[C@H]3C[C@H](O)[C@@H](O)C[C@H]3C2)cc1. The van der Waals surface area contributed by atoms with Crippen LogP contribution < -0.4 is 5.32 Å². The Morgan fingerprint density at radius 2 is 1.71 bits per heavy atom. The molecular weight excluding hydrogens is 304 g/mol. The molecule has 0 bridgehead atoms. The number of aliphatic hydroxyl groups is 2. The number of nitrogens with zero attached hydrogens (tertiary/aromatic N) is 1. The zero-order valence-corrected chi connectivity index (χ0v) is 14.5. The van der Waals surface area contributed by atoms with Crippen molar-refractivity contribution < 1.29 is 15.0 Å². The molecule has 1 saturated heterocycles. The van der Waals surface area contributed by atoms with Gasteiger partial charge in [0.2, 0.25) is 5.91 Å². The molecule has 2 aliphatic rings. The number of nitrogens with one attached hydrogen (secondary N) is 1. The number of carbonyl (C=O) groups is 1. The number of hydrogen-bond acceptors (Lipinski definition) is 4. The minimum Gasteiger partial charge on any atom is -0.390 e. The van der Waals surface area contributed by atoms with Crippen LogP contribution in [0.2, 0.25) is 0 Å². The summed E-state index contributed by atoms with van der Waals surface area (Å²) in [5, 5.41) is 22.7. The van der Waals surface area contributed by atoms with Gasteiger partial charge in [-0.25, -0.2) is 0 Å². The van der Waals surface area contributed by atoms with E-state index in [-0.39, 0.29) is 11.9 Å². The highest BCUT2D eigenvalue weighted by atomic mass is 16.3. The molecule has 24 heavy (non-hydrogen) atoms. The molecule has 1 amide bonds. The molecule has 1 aromatic rings. The van der Waals surface area contributed by atoms with Crippen LogP contribution in [0.15, 0.2) is 24.3 Å². The highest BCUT2D eigenvalue weighted by Gasteiger charge is 2.41. The van der Waals surface area contributed by atoms with Crippen molar-refractivity contribution in [2.45, 2.75) is 44.9 Å². The number of aliphatic hydroxyl groups excluding tert-OH is 2. The van der Waals surface area contributed by atoms with Gasteiger partial charge in [0.05, 0.1) is 24.8 Å². The second kappa shape index (κ2) is 7.21. The molecule has 0 radical (unpaired) electrons. The Morgan fingerprint density at radius 1 is 1.17 bits per heavy atom. The number of hydrogen-bond donors (Lipinski definition) is 3. The summed E-state index contributed by atoms with van der Waals surface area (Å²) in [7, 11) is 0. The average molecular weight is 332 g/mol. The van der Waals surface area contributed by atoms with E-state index in [2.05, 4.69) is 22.3 Å². The summed E-state index contributed by atoms with van der Waals surface area (Å²) in [4.78, 5) is 14.5. The number of amides is 1. The fourth-order valence-electron chi connectivity index (χ4n) is 4.06. The smallest absolute Gasteiger partial charge is 0.234 e. The highest BCUT2D eigenvalue weighted by molar-refractivity contribution is 5.78. The topological polar surface area (TPSA) is 72.8 Å². The van der Waals surface area contributed by atoms with Gasteiger partial charge in [-0.2, -0.15) is 0 Å². The molecule has 3 rings (SSSR count). The summed E-state index contributed by atoms with van der Waals surface area (Å²) in [6.45, 7) is 6.10. The van der Waals surface area contributed by atoms with Crippen molar-refractivity contribution in [2.24, 2.45) is 11.8 Å². The third-order valence-electron chi connectivity index (χ3n) is 5.51. The van der Waals surface area contributed by atoms with Crippen LogP contribution in [0.5, 0.6) is 0 Å². The van der Waals surface area contributed by atoms with E-state index in [1.165, 1.54) is 5.56 Å². The molecule has 0 spiro atoms. The predicted octanol–water partition coefficient (Wildman–Crippen LogP) is 1.24. The third kappa shape index (κ3) is 3.97. The predicted molar refractivity (Wildman–Crippen MR) is 92.4 cm³/mol. The molecule has 5 heteroatoms. The van der Waals surface area contributed by atoms with E-state index in [1.807, 2.05) is 26.0 Å². The first-order valence-corrected chi connectivity index (χ1v) is 8.86. The summed E-state index contributed by atoms with van der Waals surface area (Å²) in [5.41, 5.74) is 2.32. The van der Waals surface area contributed by atoms with Crippen molar-refractivity contribution in [3.05, 3.63) is 35.4 Å². The molecule has 1 saturated carbocycles. The van der Waals surface area contributed by atoms with Gasteiger partial charge < -0.3 is 15.5 Å². The molecule has 3 N–H and O–H groups in total. The Morgan fingerprint density at radius 3 is 2.25 bits per heavy atom. The second-order valence-electron chi connectivity index (χ2n) is 7.52. The largest absolute Gasteiger partial charge is 0.390 e. The zero-order valence-electron chi connectivity index (χ0n) is 14.5. The Labute approximate surface area is 143 Å². The Balaban J connectivity index is 1.50. The molecule has 5 atom stereocenters. The number of fused-ring (bicyclic) bond motifs is 1. The number of rotatable bonds is 4. The normalized spacial score (nSPS) is 31.5. The number of likely N-dealkylation sites (tertiary alicyclic amines) is 1. The van der Waals surface area contributed by atoms with Gasteiger partial charge in [-0.1, -0.05) is 29.8 Å². The first-order valence-electron chi connectivity index (χ1n) is 8.86. The van der Waals surface area contributed by atoms with E-state index < -0.39 is 12.2 Å². The Kier molecular flexibility index (Phi) is 5.23. The van der Waals surface area contributed by atoms with Crippen molar-refractivity contribution in [3.8, 4) is 0 Å². The van der Waals surface area contributed by atoms with Crippen LogP contribution in [-0.4, -0.2) is 52.9 Å². The minimum atomic E-state index is -0.610. The van der Waals surface area contributed by atoms with Crippen molar-refractivity contribution in [3.63, 3.8) is 0 Å². The van der Waals surface area contributed by atoms with Gasteiger partial charge in [-0.15, -0.1) is 0 Å². The maximum atomic E-state index is 12.3. The monoisotopic (exact) mass is 332 g/mol. The van der Waals surface area contributed by atoms with Crippen LogP contribution in [0.3, 0.4) is 0 Å². The standard InChI is InChI=1S/C19H28N2O3/c1-12-3-5-14(6-4-12)13(2)20-19(24)11-21-9-15-7-17(22)18(23)8-16(15)10-21/h3-6,13,15-18,22-23H,7-11H2,1-2H3,(H,20,24)/t13?,15-,16+,17-,18-/m0/s1. The fraction of sp³-hybridized carbons (Fsp3) is 0.632. The molecule has 1 aliphatic heterocycles. The van der Waals surface area contributed by atoms with E-state index in [0.717, 1.165) is 18.7 Å². The highest BCUT2D eigenvalue weighted by Crippen LogP contribution is 2.36. The van der Waals surface area contributed by atoms with Crippen molar-refractivity contribution in [1.82, 2.24) is 10.2 Å². The van der Waals surface area contributed by atoms with Gasteiger partial charge >= 0.3 is 0 Å². The lowest BCUT2D eigenvalue weighted by Crippen LogP contribution is -2.38. The van der Waals surface area contributed by atoms with Gasteiger partial charge in [0.15, 0.2) is 0 Å². The van der Waals surface area contributed by atoms with Crippen LogP contribution in [0, 0.1) is 18.8 Å².